The van der Waals surface area contributed by atoms with Gasteiger partial charge in [-0.15, -0.1) is 11.3 Å². The highest BCUT2D eigenvalue weighted by Gasteiger charge is 2.14. The first kappa shape index (κ1) is 18.1. The van der Waals surface area contributed by atoms with Gasteiger partial charge in [0.1, 0.15) is 28.9 Å². The molecule has 0 fully saturated rings. The van der Waals surface area contributed by atoms with Gasteiger partial charge in [0.25, 0.3) is 5.91 Å². The van der Waals surface area contributed by atoms with Gasteiger partial charge < -0.3 is 10.1 Å². The maximum atomic E-state index is 12.9. The average molecular weight is 370 g/mol. The fraction of sp³-hybridized carbons (Fsp3) is 0.200. The molecular weight excluding hydrogens is 351 g/mol. The zero-order valence-electron chi connectivity index (χ0n) is 14.6. The van der Waals surface area contributed by atoms with E-state index in [0.717, 1.165) is 23.2 Å². The number of nitrogens with zero attached hydrogens (tertiary/aromatic N) is 1. The van der Waals surface area contributed by atoms with E-state index in [4.69, 9.17) is 4.74 Å². The van der Waals surface area contributed by atoms with Crippen LogP contribution in [-0.2, 0) is 13.0 Å². The number of aromatic nitrogens is 1. The van der Waals surface area contributed by atoms with Crippen LogP contribution in [0.15, 0.2) is 47.8 Å². The summed E-state index contributed by atoms with van der Waals surface area (Å²) in [7, 11) is 0. The number of thiazole rings is 1. The maximum Gasteiger partial charge on any atom is 0.275 e. The van der Waals surface area contributed by atoms with E-state index < -0.39 is 0 Å². The summed E-state index contributed by atoms with van der Waals surface area (Å²) in [5.74, 6) is 0.00610. The van der Waals surface area contributed by atoms with Crippen molar-refractivity contribution in [3.8, 4) is 5.75 Å². The standard InChI is InChI=1S/C20H19FN2O2S/c1-3-14-6-4-5-13(2)19(14)23-20(24)17-12-26-18(22-17)11-25-16-9-7-15(21)8-10-16/h4-10,12H,3,11H2,1-2H3,(H,23,24). The Kier molecular flexibility index (Phi) is 5.63. The summed E-state index contributed by atoms with van der Waals surface area (Å²) in [6, 6.07) is 11.7. The van der Waals surface area contributed by atoms with Crippen LogP contribution in [0.25, 0.3) is 0 Å². The Morgan fingerprint density at radius 3 is 2.73 bits per heavy atom. The number of carbonyl (C=O) groups is 1. The van der Waals surface area contributed by atoms with Gasteiger partial charge in [-0.05, 0) is 48.7 Å². The fourth-order valence-electron chi connectivity index (χ4n) is 2.54. The highest BCUT2D eigenvalue weighted by atomic mass is 32.1. The fourth-order valence-corrected chi connectivity index (χ4v) is 3.22. The Balaban J connectivity index is 1.66. The van der Waals surface area contributed by atoms with Gasteiger partial charge in [-0.2, -0.15) is 0 Å². The topological polar surface area (TPSA) is 51.2 Å². The maximum absolute atomic E-state index is 12.9. The zero-order valence-corrected chi connectivity index (χ0v) is 15.4. The number of para-hydroxylation sites is 1. The molecule has 0 saturated heterocycles. The van der Waals surface area contributed by atoms with Crippen molar-refractivity contribution in [2.45, 2.75) is 26.9 Å². The molecule has 3 rings (SSSR count). The molecule has 3 aromatic rings. The minimum absolute atomic E-state index is 0.230. The van der Waals surface area contributed by atoms with Crippen molar-refractivity contribution in [3.05, 3.63) is 75.5 Å². The van der Waals surface area contributed by atoms with Crippen LogP contribution < -0.4 is 10.1 Å². The number of rotatable bonds is 6. The molecule has 0 spiro atoms. The summed E-state index contributed by atoms with van der Waals surface area (Å²) in [6.45, 7) is 4.25. The first-order valence-corrected chi connectivity index (χ1v) is 9.17. The lowest BCUT2D eigenvalue weighted by atomic mass is 10.1. The molecule has 0 saturated carbocycles. The van der Waals surface area contributed by atoms with Crippen molar-refractivity contribution in [1.29, 1.82) is 0 Å². The minimum atomic E-state index is -0.312. The number of carbonyl (C=O) groups excluding carboxylic acids is 1. The van der Waals surface area contributed by atoms with Crippen LogP contribution in [0.4, 0.5) is 10.1 Å². The third-order valence-corrected chi connectivity index (χ3v) is 4.76. The molecule has 0 unspecified atom stereocenters. The van der Waals surface area contributed by atoms with Crippen LogP contribution in [0.1, 0.15) is 33.5 Å². The number of benzene rings is 2. The van der Waals surface area contributed by atoms with Crippen LogP contribution in [0.2, 0.25) is 0 Å². The third-order valence-electron chi connectivity index (χ3n) is 3.94. The van der Waals surface area contributed by atoms with E-state index in [2.05, 4.69) is 17.2 Å². The number of hydrogen-bond donors (Lipinski definition) is 1. The lowest BCUT2D eigenvalue weighted by molar-refractivity contribution is 0.102. The first-order valence-electron chi connectivity index (χ1n) is 8.29. The Morgan fingerprint density at radius 1 is 1.23 bits per heavy atom. The molecule has 134 valence electrons. The van der Waals surface area contributed by atoms with Gasteiger partial charge in [-0.3, -0.25) is 4.79 Å². The summed E-state index contributed by atoms with van der Waals surface area (Å²) in [5.41, 5.74) is 3.32. The van der Waals surface area contributed by atoms with Gasteiger partial charge in [-0.25, -0.2) is 9.37 Å². The van der Waals surface area contributed by atoms with Crippen molar-refractivity contribution in [2.24, 2.45) is 0 Å². The van der Waals surface area contributed by atoms with Crippen LogP contribution in [0.3, 0.4) is 0 Å². The molecule has 4 nitrogen and oxygen atoms in total. The molecule has 1 aromatic heterocycles. The quantitative estimate of drug-likeness (QED) is 0.665. The second-order valence-electron chi connectivity index (χ2n) is 5.79. The molecule has 0 bridgehead atoms. The highest BCUT2D eigenvalue weighted by Crippen LogP contribution is 2.22. The van der Waals surface area contributed by atoms with E-state index in [1.165, 1.54) is 23.5 Å². The van der Waals surface area contributed by atoms with Gasteiger partial charge >= 0.3 is 0 Å². The number of amides is 1. The molecule has 1 amide bonds. The summed E-state index contributed by atoms with van der Waals surface area (Å²) >= 11 is 1.35. The molecule has 1 N–H and O–H groups in total. The van der Waals surface area contributed by atoms with Crippen molar-refractivity contribution in [2.75, 3.05) is 5.32 Å². The minimum Gasteiger partial charge on any atom is -0.486 e. The normalized spacial score (nSPS) is 10.6. The van der Waals surface area contributed by atoms with E-state index in [1.807, 2.05) is 25.1 Å². The number of hydrogen-bond acceptors (Lipinski definition) is 4. The molecule has 6 heteroatoms. The molecule has 0 atom stereocenters. The number of nitrogens with one attached hydrogen (secondary N) is 1. The summed E-state index contributed by atoms with van der Waals surface area (Å²) in [6.07, 6.45) is 0.838. The third kappa shape index (κ3) is 4.26. The first-order chi connectivity index (χ1) is 12.6. The van der Waals surface area contributed by atoms with Crippen molar-refractivity contribution in [1.82, 2.24) is 4.98 Å². The molecule has 0 radical (unpaired) electrons. The largest absolute Gasteiger partial charge is 0.486 e. The number of anilines is 1. The smallest absolute Gasteiger partial charge is 0.275 e. The highest BCUT2D eigenvalue weighted by molar-refractivity contribution is 7.09. The average Bonchev–Trinajstić information content (AvgIpc) is 3.12. The van der Waals surface area contributed by atoms with E-state index in [-0.39, 0.29) is 18.3 Å². The van der Waals surface area contributed by atoms with Gasteiger partial charge in [0, 0.05) is 11.1 Å². The molecule has 26 heavy (non-hydrogen) atoms. The van der Waals surface area contributed by atoms with Crippen molar-refractivity contribution < 1.29 is 13.9 Å². The Hall–Kier alpha value is -2.73. The lowest BCUT2D eigenvalue weighted by Crippen LogP contribution is -2.15. The summed E-state index contributed by atoms with van der Waals surface area (Å²) in [5, 5.41) is 5.35. The second-order valence-corrected chi connectivity index (χ2v) is 6.73. The van der Waals surface area contributed by atoms with E-state index in [0.29, 0.717) is 16.5 Å². The monoisotopic (exact) mass is 370 g/mol. The zero-order chi connectivity index (χ0) is 18.5. The Labute approximate surface area is 155 Å². The molecule has 0 aliphatic heterocycles. The van der Waals surface area contributed by atoms with Gasteiger partial charge in [0.05, 0.1) is 0 Å². The number of halogens is 1. The van der Waals surface area contributed by atoms with Crippen LogP contribution in [0, 0.1) is 12.7 Å². The van der Waals surface area contributed by atoms with Gasteiger partial charge in [0.15, 0.2) is 0 Å². The summed E-state index contributed by atoms with van der Waals surface area (Å²) in [4.78, 5) is 16.8. The van der Waals surface area contributed by atoms with Gasteiger partial charge in [0.2, 0.25) is 0 Å². The molecule has 0 aliphatic rings. The molecule has 2 aromatic carbocycles. The van der Waals surface area contributed by atoms with Crippen molar-refractivity contribution in [3.63, 3.8) is 0 Å². The SMILES string of the molecule is CCc1cccc(C)c1NC(=O)c1csc(COc2ccc(F)cc2)n1. The predicted octanol–water partition coefficient (Wildman–Crippen LogP) is 4.98. The Bertz CT molecular complexity index is 906. The van der Waals surface area contributed by atoms with E-state index in [1.54, 1.807) is 17.5 Å². The molecule has 1 heterocycles. The van der Waals surface area contributed by atoms with Crippen LogP contribution in [0.5, 0.6) is 5.75 Å². The second kappa shape index (κ2) is 8.10. The van der Waals surface area contributed by atoms with Crippen LogP contribution in [-0.4, -0.2) is 10.9 Å². The lowest BCUT2D eigenvalue weighted by Gasteiger charge is -2.12. The number of aryl methyl sites for hydroxylation is 2. The Morgan fingerprint density at radius 2 is 2.00 bits per heavy atom. The number of ether oxygens (including phenoxy) is 1. The molecular formula is C20H19FN2O2S. The van der Waals surface area contributed by atoms with E-state index in [9.17, 15) is 9.18 Å². The van der Waals surface area contributed by atoms with Gasteiger partial charge in [-0.1, -0.05) is 25.1 Å². The molecule has 0 aliphatic carbocycles. The predicted molar refractivity (Wildman–Crippen MR) is 101 cm³/mol. The van der Waals surface area contributed by atoms with Crippen LogP contribution >= 0.6 is 11.3 Å². The summed E-state index contributed by atoms with van der Waals surface area (Å²) < 4.78 is 18.5. The van der Waals surface area contributed by atoms with E-state index >= 15 is 0 Å². The van der Waals surface area contributed by atoms with Crippen molar-refractivity contribution >= 4 is 22.9 Å².